The zero-order chi connectivity index (χ0) is 27.5. The number of aryl methyl sites for hydroxylation is 2. The first-order valence-electron chi connectivity index (χ1n) is 14.5. The van der Waals surface area contributed by atoms with E-state index in [4.69, 9.17) is 10.1 Å². The zero-order valence-corrected chi connectivity index (χ0v) is 23.0. The molecule has 212 valence electrons. The first-order valence-corrected chi connectivity index (χ1v) is 14.5. The Kier molecular flexibility index (Phi) is 11.2. The molecule has 3 aliphatic rings. The van der Waals surface area contributed by atoms with E-state index in [0.29, 0.717) is 13.1 Å². The molecule has 1 aromatic heterocycles. The van der Waals surface area contributed by atoms with E-state index in [1.807, 2.05) is 35.2 Å². The van der Waals surface area contributed by atoms with E-state index in [1.165, 1.54) is 69.4 Å². The lowest BCUT2D eigenvalue weighted by atomic mass is 9.96. The second-order valence-electron chi connectivity index (χ2n) is 10.8. The van der Waals surface area contributed by atoms with E-state index in [0.717, 1.165) is 30.0 Å². The lowest BCUT2D eigenvalue weighted by molar-refractivity contribution is -0.137. The minimum absolute atomic E-state index is 0.0948. The van der Waals surface area contributed by atoms with E-state index < -0.39 is 18.0 Å². The number of aliphatic hydroxyl groups is 2. The van der Waals surface area contributed by atoms with E-state index in [-0.39, 0.29) is 13.0 Å². The number of anilines is 2. The fourth-order valence-corrected chi connectivity index (χ4v) is 5.57. The molecule has 1 fully saturated rings. The number of hydrogen-bond acceptors (Lipinski definition) is 7. The first-order chi connectivity index (χ1) is 19.0. The Morgan fingerprint density at radius 1 is 1.13 bits per heavy atom. The third-order valence-electron chi connectivity index (χ3n) is 7.75. The number of β-amino-alcohol motifs (C(OH)–C–C–N with tert-alkyl or cyclic N) is 1. The Bertz CT molecular complexity index is 1070. The number of benzene rings is 1. The summed E-state index contributed by atoms with van der Waals surface area (Å²) in [5, 5.41) is 31.3. The number of fused-ring (bicyclic) bond motifs is 1. The van der Waals surface area contributed by atoms with Crippen LogP contribution in [0, 0.1) is 0 Å². The Balaban J connectivity index is 0.000000181. The molecule has 0 bridgehead atoms. The second-order valence-corrected chi connectivity index (χ2v) is 10.8. The number of piperidine rings is 1. The summed E-state index contributed by atoms with van der Waals surface area (Å²) in [5.41, 5.74) is 4.38. The lowest BCUT2D eigenvalue weighted by Gasteiger charge is -2.29. The van der Waals surface area contributed by atoms with Crippen LogP contribution in [-0.2, 0) is 17.6 Å². The number of carboxylic acid groups (broad SMARTS) is 1. The van der Waals surface area contributed by atoms with Crippen molar-refractivity contribution in [1.82, 2.24) is 9.88 Å². The number of carbonyl (C=O) groups is 1. The highest BCUT2D eigenvalue weighted by Crippen LogP contribution is 2.25. The summed E-state index contributed by atoms with van der Waals surface area (Å²) in [6.45, 7) is 5.96. The molecule has 8 heteroatoms. The molecule has 1 unspecified atom stereocenters. The molecule has 2 atom stereocenters. The summed E-state index contributed by atoms with van der Waals surface area (Å²) in [4.78, 5) is 20.2. The molecule has 5 rings (SSSR count). The molecule has 4 heterocycles. The Morgan fingerprint density at radius 2 is 1.97 bits per heavy atom. The van der Waals surface area contributed by atoms with Crippen LogP contribution in [0.15, 0.2) is 48.6 Å². The van der Waals surface area contributed by atoms with Gasteiger partial charge in [-0.15, -0.1) is 0 Å². The highest BCUT2D eigenvalue weighted by Gasteiger charge is 2.18. The number of hydrogen-bond donors (Lipinski definition) is 4. The molecule has 0 spiro atoms. The SMILES string of the molecule is O=C(O)CC(CO)c1cccc(N2CC=C[C@H](O)C2)c1.c1cc2c(nc1CCCN1CCCCC1)NCCC2. The number of pyridine rings is 1. The van der Waals surface area contributed by atoms with Gasteiger partial charge in [-0.05, 0) is 87.5 Å². The number of aliphatic carboxylic acids is 1. The van der Waals surface area contributed by atoms with Gasteiger partial charge in [0.15, 0.2) is 0 Å². The van der Waals surface area contributed by atoms with Crippen molar-refractivity contribution in [2.45, 2.75) is 63.4 Å². The van der Waals surface area contributed by atoms with Crippen LogP contribution in [0.4, 0.5) is 11.5 Å². The number of likely N-dealkylation sites (tertiary alicyclic amines) is 1. The number of rotatable bonds is 9. The third-order valence-corrected chi connectivity index (χ3v) is 7.75. The summed E-state index contributed by atoms with van der Waals surface area (Å²) >= 11 is 0. The van der Waals surface area contributed by atoms with Crippen LogP contribution in [0.2, 0.25) is 0 Å². The van der Waals surface area contributed by atoms with Gasteiger partial charge in [0, 0.05) is 36.9 Å². The van der Waals surface area contributed by atoms with Crippen molar-refractivity contribution in [2.75, 3.05) is 56.1 Å². The van der Waals surface area contributed by atoms with E-state index in [1.54, 1.807) is 6.08 Å². The van der Waals surface area contributed by atoms with Gasteiger partial charge >= 0.3 is 5.97 Å². The van der Waals surface area contributed by atoms with Crippen molar-refractivity contribution >= 4 is 17.5 Å². The van der Waals surface area contributed by atoms with Crippen molar-refractivity contribution < 1.29 is 20.1 Å². The van der Waals surface area contributed by atoms with Crippen LogP contribution in [0.1, 0.15) is 61.3 Å². The molecule has 0 radical (unpaired) electrons. The van der Waals surface area contributed by atoms with E-state index in [9.17, 15) is 15.0 Å². The topological polar surface area (TPSA) is 109 Å². The fourth-order valence-electron chi connectivity index (χ4n) is 5.57. The first kappa shape index (κ1) is 29.1. The fraction of sp³-hybridized carbons (Fsp3) is 0.548. The van der Waals surface area contributed by atoms with Gasteiger partial charge in [-0.3, -0.25) is 4.79 Å². The number of aromatic nitrogens is 1. The Hall–Kier alpha value is -2.94. The lowest BCUT2D eigenvalue weighted by Crippen LogP contribution is -2.35. The standard InChI is InChI=1S/C16H25N3.C15H19NO4/c1-2-11-19(12-3-1)13-5-7-15-9-8-14-6-4-10-17-16(14)18-15;17-10-12(8-15(19)20)11-3-1-4-13(7-11)16-6-2-5-14(18)9-16/h8-9H,1-7,10-13H2,(H,17,18);1-5,7,12,14,17-18H,6,8-10H2,(H,19,20)/t;12?,14-/m.0/s1. The van der Waals surface area contributed by atoms with Gasteiger partial charge in [0.05, 0.1) is 19.1 Å². The normalized spacial score (nSPS) is 19.8. The maximum atomic E-state index is 10.8. The maximum absolute atomic E-state index is 10.8. The average molecular weight is 537 g/mol. The van der Waals surface area contributed by atoms with E-state index >= 15 is 0 Å². The van der Waals surface area contributed by atoms with Crippen molar-refractivity contribution in [3.05, 3.63) is 65.4 Å². The molecule has 0 aliphatic carbocycles. The predicted octanol–water partition coefficient (Wildman–Crippen LogP) is 3.83. The molecule has 4 N–H and O–H groups in total. The number of carboxylic acids is 1. The number of nitrogens with zero attached hydrogens (tertiary/aromatic N) is 3. The molecule has 3 aliphatic heterocycles. The van der Waals surface area contributed by atoms with Gasteiger partial charge in [0.25, 0.3) is 0 Å². The predicted molar refractivity (Wildman–Crippen MR) is 156 cm³/mol. The molecule has 2 aromatic rings. The molecular weight excluding hydrogens is 492 g/mol. The van der Waals surface area contributed by atoms with Crippen molar-refractivity contribution in [3.8, 4) is 0 Å². The van der Waals surface area contributed by atoms with Crippen molar-refractivity contribution in [1.29, 1.82) is 0 Å². The average Bonchev–Trinajstić information content (AvgIpc) is 2.97. The van der Waals surface area contributed by atoms with E-state index in [2.05, 4.69) is 22.3 Å². The highest BCUT2D eigenvalue weighted by atomic mass is 16.4. The van der Waals surface area contributed by atoms with Gasteiger partial charge in [-0.2, -0.15) is 0 Å². The monoisotopic (exact) mass is 536 g/mol. The number of nitrogens with one attached hydrogen (secondary N) is 1. The second kappa shape index (κ2) is 15.0. The molecule has 39 heavy (non-hydrogen) atoms. The van der Waals surface area contributed by atoms with Crippen molar-refractivity contribution in [3.63, 3.8) is 0 Å². The minimum Gasteiger partial charge on any atom is -0.481 e. The molecule has 0 saturated carbocycles. The van der Waals surface area contributed by atoms with Gasteiger partial charge in [0.1, 0.15) is 5.82 Å². The van der Waals surface area contributed by atoms with Crippen molar-refractivity contribution in [2.24, 2.45) is 0 Å². The largest absolute Gasteiger partial charge is 0.481 e. The summed E-state index contributed by atoms with van der Waals surface area (Å²) < 4.78 is 0. The molecule has 8 nitrogen and oxygen atoms in total. The van der Waals surface area contributed by atoms with Crippen LogP contribution >= 0.6 is 0 Å². The summed E-state index contributed by atoms with van der Waals surface area (Å²) in [7, 11) is 0. The van der Waals surface area contributed by atoms with Gasteiger partial charge in [-0.1, -0.05) is 36.8 Å². The highest BCUT2D eigenvalue weighted by molar-refractivity contribution is 5.68. The summed E-state index contributed by atoms with van der Waals surface area (Å²) in [6.07, 6.45) is 12.1. The molecule has 1 saturated heterocycles. The zero-order valence-electron chi connectivity index (χ0n) is 23.0. The van der Waals surface area contributed by atoms with Gasteiger partial charge < -0.3 is 30.4 Å². The maximum Gasteiger partial charge on any atom is 0.304 e. The minimum atomic E-state index is -0.925. The number of aliphatic hydroxyl groups excluding tert-OH is 2. The Labute approximate surface area is 232 Å². The molecular formula is C31H44N4O4. The van der Waals surface area contributed by atoms with Gasteiger partial charge in [-0.25, -0.2) is 4.98 Å². The van der Waals surface area contributed by atoms with Crippen LogP contribution < -0.4 is 10.2 Å². The summed E-state index contributed by atoms with van der Waals surface area (Å²) in [5.74, 6) is -0.190. The smallest absolute Gasteiger partial charge is 0.304 e. The molecule has 1 aromatic carbocycles. The summed E-state index contributed by atoms with van der Waals surface area (Å²) in [6, 6.07) is 12.0. The Morgan fingerprint density at radius 3 is 2.74 bits per heavy atom. The molecule has 0 amide bonds. The van der Waals surface area contributed by atoms with Crippen LogP contribution in [0.5, 0.6) is 0 Å². The van der Waals surface area contributed by atoms with Crippen LogP contribution in [-0.4, -0.2) is 83.2 Å². The van der Waals surface area contributed by atoms with Crippen LogP contribution in [0.3, 0.4) is 0 Å². The quantitative estimate of drug-likeness (QED) is 0.358. The van der Waals surface area contributed by atoms with Crippen LogP contribution in [0.25, 0.3) is 0 Å². The van der Waals surface area contributed by atoms with Gasteiger partial charge in [0.2, 0.25) is 0 Å². The third kappa shape index (κ3) is 9.05.